The lowest BCUT2D eigenvalue weighted by atomic mass is 10.3. The maximum atomic E-state index is 13.0. The van der Waals surface area contributed by atoms with Crippen molar-refractivity contribution in [2.45, 2.75) is 11.3 Å². The second-order valence-corrected chi connectivity index (χ2v) is 8.77. The first-order valence-electron chi connectivity index (χ1n) is 9.14. The van der Waals surface area contributed by atoms with Gasteiger partial charge in [0.15, 0.2) is 5.13 Å². The first-order chi connectivity index (χ1) is 13.6. The predicted octanol–water partition coefficient (Wildman–Crippen LogP) is 4.38. The molecule has 5 nitrogen and oxygen atoms in total. The highest BCUT2D eigenvalue weighted by Crippen LogP contribution is 2.31. The van der Waals surface area contributed by atoms with Crippen molar-refractivity contribution in [3.05, 3.63) is 48.5 Å². The maximum Gasteiger partial charge on any atom is 0.229 e. The lowest BCUT2D eigenvalue weighted by molar-refractivity contribution is -0.118. The van der Waals surface area contributed by atoms with Gasteiger partial charge < -0.3 is 9.64 Å². The molecule has 0 unspecified atom stereocenters. The number of hydrogen-bond donors (Lipinski definition) is 0. The zero-order valence-corrected chi connectivity index (χ0v) is 18.1. The summed E-state index contributed by atoms with van der Waals surface area (Å²) in [5.41, 5.74) is 0.862. The summed E-state index contributed by atoms with van der Waals surface area (Å²) in [7, 11) is 5.67. The van der Waals surface area contributed by atoms with Crippen molar-refractivity contribution in [1.29, 1.82) is 0 Å². The number of aromatic nitrogens is 1. The van der Waals surface area contributed by atoms with Crippen LogP contribution in [0.4, 0.5) is 5.13 Å². The smallest absolute Gasteiger partial charge is 0.229 e. The largest absolute Gasteiger partial charge is 0.497 e. The van der Waals surface area contributed by atoms with E-state index in [2.05, 4.69) is 17.0 Å². The number of ether oxygens (including phenoxy) is 1. The fourth-order valence-corrected chi connectivity index (χ4v) is 4.52. The summed E-state index contributed by atoms with van der Waals surface area (Å²) in [5, 5.41) is 0.750. The van der Waals surface area contributed by atoms with Gasteiger partial charge in [0.1, 0.15) is 5.75 Å². The number of amides is 1. The molecule has 0 saturated heterocycles. The average molecular weight is 416 g/mol. The van der Waals surface area contributed by atoms with Gasteiger partial charge in [-0.25, -0.2) is 4.98 Å². The molecule has 0 saturated carbocycles. The van der Waals surface area contributed by atoms with Gasteiger partial charge >= 0.3 is 0 Å². The van der Waals surface area contributed by atoms with E-state index in [0.29, 0.717) is 13.0 Å². The highest BCUT2D eigenvalue weighted by Gasteiger charge is 2.20. The van der Waals surface area contributed by atoms with Crippen molar-refractivity contribution in [2.24, 2.45) is 0 Å². The second kappa shape index (κ2) is 9.91. The molecule has 0 atom stereocenters. The number of thiazole rings is 1. The van der Waals surface area contributed by atoms with Crippen LogP contribution in [0.1, 0.15) is 6.42 Å². The molecule has 0 radical (unpaired) electrons. The van der Waals surface area contributed by atoms with Crippen LogP contribution in [-0.4, -0.2) is 55.8 Å². The Hall–Kier alpha value is -2.09. The first-order valence-corrected chi connectivity index (χ1v) is 10.9. The molecule has 7 heteroatoms. The van der Waals surface area contributed by atoms with Crippen LogP contribution in [0, 0.1) is 0 Å². The number of likely N-dealkylation sites (N-methyl/N-ethyl adjacent to an activating group) is 1. The molecule has 0 N–H and O–H groups in total. The molecular formula is C21H25N3O2S2. The van der Waals surface area contributed by atoms with Crippen molar-refractivity contribution >= 4 is 44.4 Å². The third kappa shape index (κ3) is 5.47. The van der Waals surface area contributed by atoms with Gasteiger partial charge in [0.05, 0.1) is 17.3 Å². The highest BCUT2D eigenvalue weighted by atomic mass is 32.2. The second-order valence-electron chi connectivity index (χ2n) is 6.59. The number of anilines is 1. The molecule has 1 heterocycles. The van der Waals surface area contributed by atoms with E-state index in [4.69, 9.17) is 9.72 Å². The lowest BCUT2D eigenvalue weighted by Crippen LogP contribution is -2.36. The molecule has 0 aliphatic carbocycles. The Morgan fingerprint density at radius 3 is 2.64 bits per heavy atom. The number of carbonyl (C=O) groups is 1. The van der Waals surface area contributed by atoms with E-state index in [0.717, 1.165) is 33.4 Å². The summed E-state index contributed by atoms with van der Waals surface area (Å²) in [6.07, 6.45) is 0.478. The number of nitrogens with zero attached hydrogens (tertiary/aromatic N) is 3. The minimum atomic E-state index is 0.108. The van der Waals surface area contributed by atoms with Crippen LogP contribution in [0.2, 0.25) is 0 Å². The molecule has 0 spiro atoms. The Morgan fingerprint density at radius 1 is 1.14 bits per heavy atom. The molecular weight excluding hydrogens is 390 g/mol. The van der Waals surface area contributed by atoms with E-state index in [1.165, 1.54) is 4.90 Å². The Balaban J connectivity index is 1.73. The van der Waals surface area contributed by atoms with Crippen LogP contribution in [0.25, 0.3) is 10.2 Å². The summed E-state index contributed by atoms with van der Waals surface area (Å²) in [5.74, 6) is 1.63. The summed E-state index contributed by atoms with van der Waals surface area (Å²) >= 11 is 3.25. The average Bonchev–Trinajstić information content (AvgIpc) is 3.11. The van der Waals surface area contributed by atoms with Crippen LogP contribution < -0.4 is 9.64 Å². The quantitative estimate of drug-likeness (QED) is 0.485. The molecule has 0 fully saturated rings. The minimum absolute atomic E-state index is 0.108. The van der Waals surface area contributed by atoms with Gasteiger partial charge in [-0.3, -0.25) is 9.69 Å². The van der Waals surface area contributed by atoms with E-state index in [1.807, 2.05) is 55.4 Å². The number of hydrogen-bond acceptors (Lipinski definition) is 6. The predicted molar refractivity (Wildman–Crippen MR) is 119 cm³/mol. The standard InChI is InChI=1S/C21H25N3O2S2/c1-23(2)12-13-24(20(25)11-14-27-17-7-5-4-6-8-17)21-22-18-15-16(26-3)9-10-19(18)28-21/h4-10,15H,11-14H2,1-3H3. The Morgan fingerprint density at radius 2 is 1.93 bits per heavy atom. The van der Waals surface area contributed by atoms with Crippen molar-refractivity contribution in [1.82, 2.24) is 9.88 Å². The van der Waals surface area contributed by atoms with Crippen molar-refractivity contribution in [2.75, 3.05) is 44.9 Å². The Kier molecular flexibility index (Phi) is 7.30. The van der Waals surface area contributed by atoms with E-state index < -0.39 is 0 Å². The molecule has 2 aromatic carbocycles. The summed E-state index contributed by atoms with van der Waals surface area (Å²) < 4.78 is 6.34. The number of carbonyl (C=O) groups excluding carboxylic acids is 1. The van der Waals surface area contributed by atoms with E-state index in [-0.39, 0.29) is 5.91 Å². The lowest BCUT2D eigenvalue weighted by Gasteiger charge is -2.22. The molecule has 1 aromatic heterocycles. The molecule has 28 heavy (non-hydrogen) atoms. The van der Waals surface area contributed by atoms with Crippen LogP contribution in [-0.2, 0) is 4.79 Å². The topological polar surface area (TPSA) is 45.7 Å². The first kappa shape index (κ1) is 20.6. The summed E-state index contributed by atoms with van der Waals surface area (Å²) in [6, 6.07) is 16.0. The molecule has 0 aliphatic rings. The van der Waals surface area contributed by atoms with Crippen LogP contribution in [0.3, 0.4) is 0 Å². The van der Waals surface area contributed by atoms with E-state index >= 15 is 0 Å². The van der Waals surface area contributed by atoms with Gasteiger partial charge in [-0.2, -0.15) is 0 Å². The minimum Gasteiger partial charge on any atom is -0.497 e. The summed E-state index contributed by atoms with van der Waals surface area (Å²) in [6.45, 7) is 1.41. The molecule has 0 aliphatic heterocycles. The number of methoxy groups -OCH3 is 1. The summed E-state index contributed by atoms with van der Waals surface area (Å²) in [4.78, 5) is 22.8. The third-order valence-electron chi connectivity index (χ3n) is 4.21. The van der Waals surface area contributed by atoms with Crippen LogP contribution >= 0.6 is 23.1 Å². The molecule has 3 rings (SSSR count). The third-order valence-corrected chi connectivity index (χ3v) is 6.29. The monoisotopic (exact) mass is 415 g/mol. The molecule has 148 valence electrons. The van der Waals surface area contributed by atoms with Gasteiger partial charge in [-0.1, -0.05) is 29.5 Å². The van der Waals surface area contributed by atoms with Gasteiger partial charge in [-0.15, -0.1) is 11.8 Å². The van der Waals surface area contributed by atoms with Crippen molar-refractivity contribution in [3.63, 3.8) is 0 Å². The molecule has 3 aromatic rings. The number of rotatable bonds is 9. The van der Waals surface area contributed by atoms with E-state index in [9.17, 15) is 4.79 Å². The van der Waals surface area contributed by atoms with Gasteiger partial charge in [0, 0.05) is 36.2 Å². The van der Waals surface area contributed by atoms with Gasteiger partial charge in [-0.05, 0) is 38.4 Å². The zero-order chi connectivity index (χ0) is 19.9. The highest BCUT2D eigenvalue weighted by molar-refractivity contribution is 7.99. The number of thioether (sulfide) groups is 1. The van der Waals surface area contributed by atoms with Crippen molar-refractivity contribution in [3.8, 4) is 5.75 Å². The zero-order valence-electron chi connectivity index (χ0n) is 16.4. The maximum absolute atomic E-state index is 13.0. The number of fused-ring (bicyclic) bond motifs is 1. The fraction of sp³-hybridized carbons (Fsp3) is 0.333. The SMILES string of the molecule is COc1ccc2sc(N(CCN(C)C)C(=O)CCSc3ccccc3)nc2c1. The Bertz CT molecular complexity index is 912. The van der Waals surface area contributed by atoms with Crippen LogP contribution in [0.5, 0.6) is 5.75 Å². The number of benzene rings is 2. The van der Waals surface area contributed by atoms with Gasteiger partial charge in [0.25, 0.3) is 0 Å². The molecule has 1 amide bonds. The normalized spacial score (nSPS) is 11.1. The molecule has 0 bridgehead atoms. The van der Waals surface area contributed by atoms with Crippen molar-refractivity contribution < 1.29 is 9.53 Å². The van der Waals surface area contributed by atoms with E-state index in [1.54, 1.807) is 30.2 Å². The Labute approximate surface area is 174 Å². The van der Waals surface area contributed by atoms with Crippen LogP contribution in [0.15, 0.2) is 53.4 Å². The fourth-order valence-electron chi connectivity index (χ4n) is 2.67. The van der Waals surface area contributed by atoms with Gasteiger partial charge in [0.2, 0.25) is 5.91 Å².